The largest absolute Gasteiger partial charge is 0.494 e. The minimum absolute atomic E-state index is 0.190. The fraction of sp³-hybridized carbons (Fsp3) is 0.381. The van der Waals surface area contributed by atoms with Gasteiger partial charge in [0.2, 0.25) is 0 Å². The van der Waals surface area contributed by atoms with Crippen molar-refractivity contribution in [3.63, 3.8) is 0 Å². The number of hydrogen-bond acceptors (Lipinski definition) is 4. The zero-order chi connectivity index (χ0) is 20.3. The van der Waals surface area contributed by atoms with Crippen LogP contribution in [0.25, 0.3) is 11.0 Å². The molecule has 146 valence electrons. The van der Waals surface area contributed by atoms with E-state index in [2.05, 4.69) is 4.98 Å². The maximum absolute atomic E-state index is 14.9. The van der Waals surface area contributed by atoms with Gasteiger partial charge in [-0.1, -0.05) is 6.07 Å². The van der Waals surface area contributed by atoms with Gasteiger partial charge in [0.15, 0.2) is 11.6 Å². The van der Waals surface area contributed by atoms with Crippen molar-refractivity contribution in [2.75, 3.05) is 0 Å². The van der Waals surface area contributed by atoms with E-state index in [4.69, 9.17) is 14.0 Å². The first-order chi connectivity index (χ1) is 13.1. The minimum atomic E-state index is -0.614. The molecular weight excluding hydrogens is 358 g/mol. The molecule has 0 amide bonds. The summed E-state index contributed by atoms with van der Waals surface area (Å²) in [7, 11) is 1.31. The van der Waals surface area contributed by atoms with Crippen LogP contribution >= 0.6 is 0 Å². The van der Waals surface area contributed by atoms with E-state index in [1.807, 2.05) is 64.4 Å². The number of imidazole rings is 1. The highest BCUT2D eigenvalue weighted by molar-refractivity contribution is 6.62. The van der Waals surface area contributed by atoms with Gasteiger partial charge in [-0.3, -0.25) is 0 Å². The second-order valence-corrected chi connectivity index (χ2v) is 8.35. The molecule has 2 aromatic carbocycles. The smallest absolute Gasteiger partial charge is 0.454 e. The van der Waals surface area contributed by atoms with Gasteiger partial charge in [-0.2, -0.15) is 0 Å². The van der Waals surface area contributed by atoms with Gasteiger partial charge in [0.25, 0.3) is 0 Å². The van der Waals surface area contributed by atoms with Crippen LogP contribution in [-0.4, -0.2) is 27.9 Å². The molecule has 3 aromatic rings. The highest BCUT2D eigenvalue weighted by atomic mass is 19.1. The lowest BCUT2D eigenvalue weighted by Gasteiger charge is -2.32. The van der Waals surface area contributed by atoms with Gasteiger partial charge in [-0.05, 0) is 63.8 Å². The summed E-state index contributed by atoms with van der Waals surface area (Å²) in [6.07, 6.45) is 1.74. The number of aromatic nitrogens is 2. The lowest BCUT2D eigenvalue weighted by molar-refractivity contribution is 0.00578. The molecule has 2 heterocycles. The number of benzene rings is 2. The highest BCUT2D eigenvalue weighted by Gasteiger charge is 2.51. The third-order valence-corrected chi connectivity index (χ3v) is 5.69. The number of nitrogens with zero attached hydrogens (tertiary/aromatic N) is 2. The molecule has 4 rings (SSSR count). The Morgan fingerprint density at radius 2 is 1.75 bits per heavy atom. The number of aryl methyl sites for hydroxylation is 2. The molecule has 7 heteroatoms. The zero-order valence-electron chi connectivity index (χ0n) is 17.0. The van der Waals surface area contributed by atoms with Crippen LogP contribution in [0, 0.1) is 12.7 Å². The third-order valence-electron chi connectivity index (χ3n) is 5.69. The molecule has 1 aromatic heterocycles. The summed E-state index contributed by atoms with van der Waals surface area (Å²) in [6.45, 7) is 9.71. The molecule has 1 saturated heterocycles. The summed E-state index contributed by atoms with van der Waals surface area (Å²) in [4.78, 5) is 4.32. The van der Waals surface area contributed by atoms with Crippen LogP contribution in [0.1, 0.15) is 33.3 Å². The monoisotopic (exact) mass is 382 g/mol. The Bertz CT molecular complexity index is 1020. The molecule has 5 nitrogen and oxygen atoms in total. The fourth-order valence-electron chi connectivity index (χ4n) is 3.30. The minimum Gasteiger partial charge on any atom is -0.454 e. The quantitative estimate of drug-likeness (QED) is 0.640. The highest BCUT2D eigenvalue weighted by Crippen LogP contribution is 2.37. The molecule has 0 radical (unpaired) electrons. The standard InChI is InChI=1S/C21H24BFN2O3/c1-13-9-14(22-27-20(2,3)21(4,5)28-22)10-16(23)19(13)26-15-7-8-18-17(11-15)24-12-25(18)6/h7-12H,1-6H3. The van der Waals surface area contributed by atoms with Crippen molar-refractivity contribution in [2.24, 2.45) is 7.05 Å². The second-order valence-electron chi connectivity index (χ2n) is 8.35. The van der Waals surface area contributed by atoms with Crippen molar-refractivity contribution >= 4 is 23.6 Å². The average molecular weight is 382 g/mol. The Balaban J connectivity index is 1.62. The fourth-order valence-corrected chi connectivity index (χ4v) is 3.30. The van der Waals surface area contributed by atoms with Gasteiger partial charge in [0.1, 0.15) is 5.75 Å². The topological polar surface area (TPSA) is 45.5 Å². The summed E-state index contributed by atoms with van der Waals surface area (Å²) < 4.78 is 34.7. The first-order valence-corrected chi connectivity index (χ1v) is 9.32. The van der Waals surface area contributed by atoms with Crippen LogP contribution in [0.2, 0.25) is 0 Å². The van der Waals surface area contributed by atoms with E-state index in [-0.39, 0.29) is 5.75 Å². The second kappa shape index (κ2) is 6.32. The molecule has 0 N–H and O–H groups in total. The SMILES string of the molecule is Cc1cc(B2OC(C)(C)C(C)(C)O2)cc(F)c1Oc1ccc2c(c1)ncn2C. The lowest BCUT2D eigenvalue weighted by atomic mass is 9.78. The Labute approximate surface area is 164 Å². The van der Waals surface area contributed by atoms with E-state index in [9.17, 15) is 4.39 Å². The number of hydrogen-bond donors (Lipinski definition) is 0. The van der Waals surface area contributed by atoms with Crippen LogP contribution in [0.4, 0.5) is 4.39 Å². The summed E-state index contributed by atoms with van der Waals surface area (Å²) >= 11 is 0. The molecule has 0 unspecified atom stereocenters. The van der Waals surface area contributed by atoms with Crippen LogP contribution in [0.3, 0.4) is 0 Å². The van der Waals surface area contributed by atoms with Gasteiger partial charge in [-0.15, -0.1) is 0 Å². The van der Waals surface area contributed by atoms with Gasteiger partial charge in [0, 0.05) is 13.1 Å². The summed E-state index contributed by atoms with van der Waals surface area (Å²) in [5, 5.41) is 0. The van der Waals surface area contributed by atoms with E-state index in [0.29, 0.717) is 16.8 Å². The number of halogens is 1. The van der Waals surface area contributed by atoms with Crippen molar-refractivity contribution in [1.82, 2.24) is 9.55 Å². The van der Waals surface area contributed by atoms with Crippen molar-refractivity contribution in [1.29, 1.82) is 0 Å². The van der Waals surface area contributed by atoms with Crippen LogP contribution < -0.4 is 10.2 Å². The molecule has 1 aliphatic heterocycles. The molecule has 0 atom stereocenters. The predicted molar refractivity (Wildman–Crippen MR) is 108 cm³/mol. The van der Waals surface area contributed by atoms with Gasteiger partial charge in [0.05, 0.1) is 28.6 Å². The van der Waals surface area contributed by atoms with E-state index in [1.165, 1.54) is 6.07 Å². The van der Waals surface area contributed by atoms with E-state index >= 15 is 0 Å². The van der Waals surface area contributed by atoms with E-state index in [0.717, 1.165) is 11.0 Å². The van der Waals surface area contributed by atoms with Crippen LogP contribution in [-0.2, 0) is 16.4 Å². The predicted octanol–water partition coefficient (Wildman–Crippen LogP) is 4.11. The Morgan fingerprint density at radius 1 is 1.07 bits per heavy atom. The van der Waals surface area contributed by atoms with E-state index < -0.39 is 24.1 Å². The van der Waals surface area contributed by atoms with E-state index in [1.54, 1.807) is 12.4 Å². The normalized spacial score (nSPS) is 18.0. The molecule has 0 saturated carbocycles. The average Bonchev–Trinajstić information content (AvgIpc) is 3.07. The van der Waals surface area contributed by atoms with Crippen molar-refractivity contribution < 1.29 is 18.4 Å². The molecule has 1 aliphatic rings. The van der Waals surface area contributed by atoms with Crippen molar-refractivity contribution in [2.45, 2.75) is 45.8 Å². The number of fused-ring (bicyclic) bond motifs is 1. The van der Waals surface area contributed by atoms with Gasteiger partial charge in [-0.25, -0.2) is 9.37 Å². The molecular formula is C21H24BFN2O3. The summed E-state index contributed by atoms with van der Waals surface area (Å²) in [5.41, 5.74) is 2.14. The summed E-state index contributed by atoms with van der Waals surface area (Å²) in [5.74, 6) is 0.276. The Hall–Kier alpha value is -2.38. The third kappa shape index (κ3) is 3.08. The number of rotatable bonds is 3. The molecule has 0 spiro atoms. The molecule has 0 aliphatic carbocycles. The van der Waals surface area contributed by atoms with Crippen LogP contribution in [0.5, 0.6) is 11.5 Å². The van der Waals surface area contributed by atoms with Gasteiger partial charge >= 0.3 is 7.12 Å². The number of ether oxygens (including phenoxy) is 1. The van der Waals surface area contributed by atoms with Crippen molar-refractivity contribution in [3.8, 4) is 11.5 Å². The van der Waals surface area contributed by atoms with Crippen molar-refractivity contribution in [3.05, 3.63) is 48.0 Å². The maximum atomic E-state index is 14.9. The summed E-state index contributed by atoms with van der Waals surface area (Å²) in [6, 6.07) is 8.79. The molecule has 0 bridgehead atoms. The van der Waals surface area contributed by atoms with Gasteiger partial charge < -0.3 is 18.6 Å². The first kappa shape index (κ1) is 19.0. The first-order valence-electron chi connectivity index (χ1n) is 9.32. The molecule has 28 heavy (non-hydrogen) atoms. The Kier molecular flexibility index (Phi) is 4.28. The Morgan fingerprint density at radius 3 is 2.39 bits per heavy atom. The van der Waals surface area contributed by atoms with Crippen LogP contribution in [0.15, 0.2) is 36.7 Å². The lowest BCUT2D eigenvalue weighted by Crippen LogP contribution is -2.41. The molecule has 1 fully saturated rings. The zero-order valence-corrected chi connectivity index (χ0v) is 17.0. The maximum Gasteiger partial charge on any atom is 0.494 e.